The SMILES string of the molecule is CN(Cc1ccco1)C(=O)[C@H]1CSCN1.Cl. The Morgan fingerprint density at radius 3 is 3.12 bits per heavy atom. The summed E-state index contributed by atoms with van der Waals surface area (Å²) in [7, 11) is 1.80. The maximum Gasteiger partial charge on any atom is 0.240 e. The molecule has 1 atom stereocenters. The first-order valence-electron chi connectivity index (χ1n) is 4.86. The minimum atomic E-state index is -0.0324. The van der Waals surface area contributed by atoms with Crippen LogP contribution in [0.3, 0.4) is 0 Å². The number of thioether (sulfide) groups is 1. The maximum atomic E-state index is 11.9. The Morgan fingerprint density at radius 1 is 1.75 bits per heavy atom. The van der Waals surface area contributed by atoms with Crippen LogP contribution < -0.4 is 5.32 Å². The van der Waals surface area contributed by atoms with Gasteiger partial charge in [0.2, 0.25) is 5.91 Å². The molecule has 0 saturated carbocycles. The molecule has 1 fully saturated rings. The van der Waals surface area contributed by atoms with Crippen molar-refractivity contribution in [1.29, 1.82) is 0 Å². The summed E-state index contributed by atoms with van der Waals surface area (Å²) in [5.74, 6) is 2.68. The number of nitrogens with one attached hydrogen (secondary N) is 1. The molecule has 2 heterocycles. The third-order valence-corrected chi connectivity index (χ3v) is 3.30. The van der Waals surface area contributed by atoms with Crippen LogP contribution in [0.5, 0.6) is 0 Å². The fourth-order valence-electron chi connectivity index (χ4n) is 1.53. The second-order valence-electron chi connectivity index (χ2n) is 3.55. The van der Waals surface area contributed by atoms with E-state index in [2.05, 4.69) is 5.32 Å². The lowest BCUT2D eigenvalue weighted by Crippen LogP contribution is -2.42. The number of rotatable bonds is 3. The van der Waals surface area contributed by atoms with Gasteiger partial charge in [0.05, 0.1) is 18.8 Å². The van der Waals surface area contributed by atoms with Gasteiger partial charge in [-0.2, -0.15) is 0 Å². The summed E-state index contributed by atoms with van der Waals surface area (Å²) < 4.78 is 5.20. The number of carbonyl (C=O) groups excluding carboxylic acids is 1. The largest absolute Gasteiger partial charge is 0.467 e. The van der Waals surface area contributed by atoms with E-state index < -0.39 is 0 Å². The van der Waals surface area contributed by atoms with Gasteiger partial charge < -0.3 is 9.32 Å². The Hall–Kier alpha value is -0.650. The number of likely N-dealkylation sites (N-methyl/N-ethyl adjacent to an activating group) is 1. The van der Waals surface area contributed by atoms with Crippen molar-refractivity contribution >= 4 is 30.1 Å². The highest BCUT2D eigenvalue weighted by atomic mass is 35.5. The maximum absolute atomic E-state index is 11.9. The highest BCUT2D eigenvalue weighted by Crippen LogP contribution is 2.12. The molecule has 1 N–H and O–H groups in total. The lowest BCUT2D eigenvalue weighted by molar-refractivity contribution is -0.132. The molecule has 0 aromatic carbocycles. The minimum Gasteiger partial charge on any atom is -0.467 e. The average molecular weight is 263 g/mol. The van der Waals surface area contributed by atoms with E-state index >= 15 is 0 Å². The number of nitrogens with zero attached hydrogens (tertiary/aromatic N) is 1. The molecule has 1 aliphatic heterocycles. The molecule has 2 rings (SSSR count). The topological polar surface area (TPSA) is 45.5 Å². The molecule has 1 aromatic heterocycles. The number of amides is 1. The number of furan rings is 1. The summed E-state index contributed by atoms with van der Waals surface area (Å²) in [5, 5.41) is 3.16. The van der Waals surface area contributed by atoms with E-state index in [1.54, 1.807) is 30.0 Å². The number of halogens is 1. The van der Waals surface area contributed by atoms with Crippen LogP contribution in [0.15, 0.2) is 22.8 Å². The van der Waals surface area contributed by atoms with Crippen LogP contribution in [-0.4, -0.2) is 35.5 Å². The normalized spacial score (nSPS) is 19.2. The molecule has 4 nitrogen and oxygen atoms in total. The van der Waals surface area contributed by atoms with E-state index in [0.29, 0.717) is 6.54 Å². The third kappa shape index (κ3) is 3.17. The van der Waals surface area contributed by atoms with E-state index in [-0.39, 0.29) is 24.4 Å². The quantitative estimate of drug-likeness (QED) is 0.893. The van der Waals surface area contributed by atoms with Crippen molar-refractivity contribution in [3.8, 4) is 0 Å². The van der Waals surface area contributed by atoms with Crippen molar-refractivity contribution < 1.29 is 9.21 Å². The van der Waals surface area contributed by atoms with E-state index in [9.17, 15) is 4.79 Å². The van der Waals surface area contributed by atoms with Crippen LogP contribution in [0.1, 0.15) is 5.76 Å². The summed E-state index contributed by atoms with van der Waals surface area (Å²) in [6, 6.07) is 3.67. The molecule has 1 amide bonds. The number of hydrogen-bond acceptors (Lipinski definition) is 4. The smallest absolute Gasteiger partial charge is 0.240 e. The van der Waals surface area contributed by atoms with Crippen LogP contribution >= 0.6 is 24.2 Å². The van der Waals surface area contributed by atoms with Crippen molar-refractivity contribution in [1.82, 2.24) is 10.2 Å². The average Bonchev–Trinajstić information content (AvgIpc) is 2.88. The fourth-order valence-corrected chi connectivity index (χ4v) is 2.47. The van der Waals surface area contributed by atoms with Crippen LogP contribution in [0.4, 0.5) is 0 Å². The molecular formula is C10H15ClN2O2S. The summed E-state index contributed by atoms with van der Waals surface area (Å²) in [6.07, 6.45) is 1.62. The lowest BCUT2D eigenvalue weighted by Gasteiger charge is -2.19. The molecular weight excluding hydrogens is 248 g/mol. The van der Waals surface area contributed by atoms with Gasteiger partial charge >= 0.3 is 0 Å². The first-order chi connectivity index (χ1) is 7.27. The molecule has 0 spiro atoms. The summed E-state index contributed by atoms with van der Waals surface area (Å²) in [4.78, 5) is 13.6. The summed E-state index contributed by atoms with van der Waals surface area (Å²) in [5.41, 5.74) is 0. The Bertz CT molecular complexity index is 326. The van der Waals surface area contributed by atoms with E-state index in [0.717, 1.165) is 17.4 Å². The monoisotopic (exact) mass is 262 g/mol. The van der Waals surface area contributed by atoms with Crippen LogP contribution in [0.25, 0.3) is 0 Å². The first-order valence-corrected chi connectivity index (χ1v) is 6.01. The third-order valence-electron chi connectivity index (χ3n) is 2.36. The highest BCUT2D eigenvalue weighted by Gasteiger charge is 2.25. The molecule has 1 aliphatic rings. The van der Waals surface area contributed by atoms with E-state index in [4.69, 9.17) is 4.42 Å². The number of carbonyl (C=O) groups is 1. The Labute approximate surface area is 105 Å². The number of hydrogen-bond donors (Lipinski definition) is 1. The molecule has 1 aromatic rings. The second-order valence-corrected chi connectivity index (χ2v) is 4.58. The van der Waals surface area contributed by atoms with Crippen molar-refractivity contribution in [2.45, 2.75) is 12.6 Å². The summed E-state index contributed by atoms with van der Waals surface area (Å²) in [6.45, 7) is 0.536. The van der Waals surface area contributed by atoms with Gasteiger partial charge in [0.1, 0.15) is 5.76 Å². The zero-order valence-corrected chi connectivity index (χ0v) is 10.6. The van der Waals surface area contributed by atoms with Gasteiger partial charge in [-0.05, 0) is 12.1 Å². The van der Waals surface area contributed by atoms with Gasteiger partial charge in [0, 0.05) is 18.7 Å². The summed E-state index contributed by atoms with van der Waals surface area (Å²) >= 11 is 1.75. The molecule has 16 heavy (non-hydrogen) atoms. The van der Waals surface area contributed by atoms with Gasteiger partial charge in [-0.15, -0.1) is 24.2 Å². The van der Waals surface area contributed by atoms with Crippen LogP contribution in [-0.2, 0) is 11.3 Å². The molecule has 0 bridgehead atoms. The predicted molar refractivity (Wildman–Crippen MR) is 66.7 cm³/mol. The van der Waals surface area contributed by atoms with Crippen LogP contribution in [0, 0.1) is 0 Å². The van der Waals surface area contributed by atoms with E-state index in [1.165, 1.54) is 0 Å². The van der Waals surface area contributed by atoms with Crippen molar-refractivity contribution in [2.75, 3.05) is 18.7 Å². The molecule has 0 radical (unpaired) electrons. The highest BCUT2D eigenvalue weighted by molar-refractivity contribution is 7.99. The fraction of sp³-hybridized carbons (Fsp3) is 0.500. The van der Waals surface area contributed by atoms with Gasteiger partial charge in [0.15, 0.2) is 0 Å². The van der Waals surface area contributed by atoms with Crippen molar-refractivity contribution in [3.05, 3.63) is 24.2 Å². The van der Waals surface area contributed by atoms with Crippen molar-refractivity contribution in [2.24, 2.45) is 0 Å². The Morgan fingerprint density at radius 2 is 2.56 bits per heavy atom. The van der Waals surface area contributed by atoms with Gasteiger partial charge in [0.25, 0.3) is 0 Å². The predicted octanol–water partition coefficient (Wildman–Crippen LogP) is 1.32. The molecule has 1 saturated heterocycles. The zero-order chi connectivity index (χ0) is 10.7. The Balaban J connectivity index is 0.00000128. The molecule has 6 heteroatoms. The first kappa shape index (κ1) is 13.4. The van der Waals surface area contributed by atoms with Gasteiger partial charge in [-0.25, -0.2) is 0 Å². The van der Waals surface area contributed by atoms with Crippen molar-refractivity contribution in [3.63, 3.8) is 0 Å². The van der Waals surface area contributed by atoms with Gasteiger partial charge in [-0.1, -0.05) is 0 Å². The van der Waals surface area contributed by atoms with Gasteiger partial charge in [-0.3, -0.25) is 10.1 Å². The molecule has 0 aliphatic carbocycles. The molecule has 90 valence electrons. The zero-order valence-electron chi connectivity index (χ0n) is 9.01. The minimum absolute atomic E-state index is 0. The van der Waals surface area contributed by atoms with E-state index in [1.807, 2.05) is 12.1 Å². The van der Waals surface area contributed by atoms with Crippen LogP contribution in [0.2, 0.25) is 0 Å². The molecule has 0 unspecified atom stereocenters. The second kappa shape index (κ2) is 6.18. The lowest BCUT2D eigenvalue weighted by atomic mass is 10.3. The Kier molecular flexibility index (Phi) is 5.18. The standard InChI is InChI=1S/C10H14N2O2S.ClH/c1-12(5-8-3-2-4-14-8)10(13)9-6-15-7-11-9;/h2-4,9,11H,5-7H2,1H3;1H/t9-;/m1./s1.